The summed E-state index contributed by atoms with van der Waals surface area (Å²) >= 11 is 0. The first-order valence-electron chi connectivity index (χ1n) is 6.60. The smallest absolute Gasteiger partial charge is 0.134 e. The van der Waals surface area contributed by atoms with E-state index in [0.29, 0.717) is 0 Å². The molecule has 1 aromatic heterocycles. The molecular weight excluding hydrogens is 212 g/mol. The molecule has 1 N–H and O–H groups in total. The molecule has 0 atom stereocenters. The van der Waals surface area contributed by atoms with Crippen molar-refractivity contribution in [1.82, 2.24) is 9.97 Å². The Labute approximate surface area is 102 Å². The maximum Gasteiger partial charge on any atom is 0.134 e. The van der Waals surface area contributed by atoms with Crippen molar-refractivity contribution in [2.24, 2.45) is 11.8 Å². The van der Waals surface area contributed by atoms with E-state index < -0.39 is 0 Å². The summed E-state index contributed by atoms with van der Waals surface area (Å²) in [5, 5.41) is 3.08. The predicted molar refractivity (Wildman–Crippen MR) is 69.2 cm³/mol. The number of nitrogens with zero attached hydrogens (tertiary/aromatic N) is 3. The van der Waals surface area contributed by atoms with E-state index >= 15 is 0 Å². The minimum Gasteiger partial charge on any atom is -0.373 e. The zero-order valence-electron chi connectivity index (χ0n) is 10.4. The number of rotatable bonds is 6. The summed E-state index contributed by atoms with van der Waals surface area (Å²) in [6.45, 7) is 2.35. The standard InChI is InChI=1S/C13H20N4/c1-14-12-6-13(16-9-15-12)17(7-10-2-3-10)8-11-4-5-11/h6,9-11H,2-5,7-8H2,1H3,(H,14,15,16). The fourth-order valence-corrected chi connectivity index (χ4v) is 2.14. The lowest BCUT2D eigenvalue weighted by Crippen LogP contribution is -2.29. The molecule has 0 spiro atoms. The van der Waals surface area contributed by atoms with Crippen molar-refractivity contribution in [3.8, 4) is 0 Å². The first-order chi connectivity index (χ1) is 8.35. The first kappa shape index (κ1) is 10.8. The van der Waals surface area contributed by atoms with Gasteiger partial charge in [-0.25, -0.2) is 9.97 Å². The Balaban J connectivity index is 1.73. The SMILES string of the molecule is CNc1cc(N(CC2CC2)CC2CC2)ncn1. The maximum atomic E-state index is 4.42. The van der Waals surface area contributed by atoms with Crippen LogP contribution in [0.15, 0.2) is 12.4 Å². The van der Waals surface area contributed by atoms with Gasteiger partial charge in [0.1, 0.15) is 18.0 Å². The van der Waals surface area contributed by atoms with Crippen LogP contribution in [0, 0.1) is 11.8 Å². The van der Waals surface area contributed by atoms with E-state index in [2.05, 4.69) is 26.3 Å². The average molecular weight is 232 g/mol. The molecule has 92 valence electrons. The lowest BCUT2D eigenvalue weighted by molar-refractivity contribution is 0.671. The number of aromatic nitrogens is 2. The molecule has 2 aliphatic carbocycles. The maximum absolute atomic E-state index is 4.42. The van der Waals surface area contributed by atoms with E-state index in [1.807, 2.05) is 7.05 Å². The molecular formula is C13H20N4. The Hall–Kier alpha value is -1.32. The Morgan fingerprint density at radius 1 is 1.18 bits per heavy atom. The molecule has 0 amide bonds. The third-order valence-corrected chi connectivity index (χ3v) is 3.58. The summed E-state index contributed by atoms with van der Waals surface area (Å²) in [4.78, 5) is 11.1. The van der Waals surface area contributed by atoms with E-state index in [1.54, 1.807) is 6.33 Å². The van der Waals surface area contributed by atoms with Crippen LogP contribution in [-0.4, -0.2) is 30.1 Å². The van der Waals surface area contributed by atoms with Gasteiger partial charge in [-0.15, -0.1) is 0 Å². The van der Waals surface area contributed by atoms with Crippen molar-refractivity contribution >= 4 is 11.6 Å². The largest absolute Gasteiger partial charge is 0.373 e. The van der Waals surface area contributed by atoms with E-state index in [-0.39, 0.29) is 0 Å². The molecule has 17 heavy (non-hydrogen) atoms. The van der Waals surface area contributed by atoms with Crippen molar-refractivity contribution in [3.05, 3.63) is 12.4 Å². The number of nitrogens with one attached hydrogen (secondary N) is 1. The molecule has 4 nitrogen and oxygen atoms in total. The first-order valence-corrected chi connectivity index (χ1v) is 6.60. The lowest BCUT2D eigenvalue weighted by Gasteiger charge is -2.23. The minimum absolute atomic E-state index is 0.904. The number of anilines is 2. The van der Waals surface area contributed by atoms with Crippen LogP contribution < -0.4 is 10.2 Å². The average Bonchev–Trinajstić information content (AvgIpc) is 3.23. The third-order valence-electron chi connectivity index (χ3n) is 3.58. The van der Waals surface area contributed by atoms with Crippen LogP contribution in [0.2, 0.25) is 0 Å². The van der Waals surface area contributed by atoms with Crippen LogP contribution in [0.1, 0.15) is 25.7 Å². The van der Waals surface area contributed by atoms with Crippen LogP contribution in [0.4, 0.5) is 11.6 Å². The zero-order valence-corrected chi connectivity index (χ0v) is 10.4. The zero-order chi connectivity index (χ0) is 11.7. The molecule has 0 unspecified atom stereocenters. The van der Waals surface area contributed by atoms with Gasteiger partial charge in [-0.2, -0.15) is 0 Å². The van der Waals surface area contributed by atoms with Crippen molar-refractivity contribution in [1.29, 1.82) is 0 Å². The summed E-state index contributed by atoms with van der Waals surface area (Å²) in [6, 6.07) is 2.06. The molecule has 0 saturated heterocycles. The Morgan fingerprint density at radius 2 is 1.82 bits per heavy atom. The molecule has 0 radical (unpaired) electrons. The topological polar surface area (TPSA) is 41.0 Å². The molecule has 1 aromatic rings. The fourth-order valence-electron chi connectivity index (χ4n) is 2.14. The normalized spacial score (nSPS) is 19.1. The predicted octanol–water partition coefficient (Wildman–Crippen LogP) is 2.14. The molecule has 0 bridgehead atoms. The van der Waals surface area contributed by atoms with Crippen LogP contribution in [0.5, 0.6) is 0 Å². The Kier molecular flexibility index (Phi) is 2.87. The second kappa shape index (κ2) is 4.51. The van der Waals surface area contributed by atoms with Crippen LogP contribution >= 0.6 is 0 Å². The van der Waals surface area contributed by atoms with Gasteiger partial charge in [0.2, 0.25) is 0 Å². The third kappa shape index (κ3) is 2.87. The Morgan fingerprint density at radius 3 is 2.35 bits per heavy atom. The summed E-state index contributed by atoms with van der Waals surface area (Å²) in [7, 11) is 1.90. The van der Waals surface area contributed by atoms with Crippen molar-refractivity contribution in [2.45, 2.75) is 25.7 Å². The summed E-state index contributed by atoms with van der Waals surface area (Å²) in [5.41, 5.74) is 0. The molecule has 4 heteroatoms. The van der Waals surface area contributed by atoms with Crippen molar-refractivity contribution < 1.29 is 0 Å². The minimum atomic E-state index is 0.904. The fraction of sp³-hybridized carbons (Fsp3) is 0.692. The number of hydrogen-bond donors (Lipinski definition) is 1. The lowest BCUT2D eigenvalue weighted by atomic mass is 10.3. The number of hydrogen-bond acceptors (Lipinski definition) is 4. The second-order valence-electron chi connectivity index (χ2n) is 5.30. The molecule has 2 aliphatic rings. The van der Waals surface area contributed by atoms with Gasteiger partial charge in [-0.1, -0.05) is 0 Å². The van der Waals surface area contributed by atoms with Crippen LogP contribution in [0.25, 0.3) is 0 Å². The van der Waals surface area contributed by atoms with Gasteiger partial charge in [0, 0.05) is 26.2 Å². The van der Waals surface area contributed by atoms with E-state index in [0.717, 1.165) is 23.5 Å². The quantitative estimate of drug-likeness (QED) is 0.816. The van der Waals surface area contributed by atoms with Gasteiger partial charge < -0.3 is 10.2 Å². The van der Waals surface area contributed by atoms with Gasteiger partial charge in [0.05, 0.1) is 0 Å². The molecule has 0 aliphatic heterocycles. The molecule has 2 saturated carbocycles. The van der Waals surface area contributed by atoms with Crippen molar-refractivity contribution in [2.75, 3.05) is 30.4 Å². The highest BCUT2D eigenvalue weighted by atomic mass is 15.2. The van der Waals surface area contributed by atoms with E-state index in [1.165, 1.54) is 38.8 Å². The molecule has 3 rings (SSSR count). The monoisotopic (exact) mass is 232 g/mol. The summed E-state index contributed by atoms with van der Waals surface area (Å²) in [6.07, 6.45) is 7.24. The highest BCUT2D eigenvalue weighted by molar-refractivity contribution is 5.48. The van der Waals surface area contributed by atoms with E-state index in [4.69, 9.17) is 0 Å². The summed E-state index contributed by atoms with van der Waals surface area (Å²) in [5.74, 6) is 3.80. The molecule has 1 heterocycles. The van der Waals surface area contributed by atoms with Crippen molar-refractivity contribution in [3.63, 3.8) is 0 Å². The molecule has 0 aromatic carbocycles. The van der Waals surface area contributed by atoms with Gasteiger partial charge >= 0.3 is 0 Å². The van der Waals surface area contributed by atoms with Gasteiger partial charge in [-0.05, 0) is 37.5 Å². The second-order valence-corrected chi connectivity index (χ2v) is 5.30. The Bertz CT molecular complexity index is 371. The molecule has 2 fully saturated rings. The van der Waals surface area contributed by atoms with Gasteiger partial charge in [-0.3, -0.25) is 0 Å². The summed E-state index contributed by atoms with van der Waals surface area (Å²) < 4.78 is 0. The van der Waals surface area contributed by atoms with Gasteiger partial charge in [0.25, 0.3) is 0 Å². The van der Waals surface area contributed by atoms with Crippen LogP contribution in [-0.2, 0) is 0 Å². The highest BCUT2D eigenvalue weighted by Crippen LogP contribution is 2.35. The highest BCUT2D eigenvalue weighted by Gasteiger charge is 2.29. The van der Waals surface area contributed by atoms with E-state index in [9.17, 15) is 0 Å². The van der Waals surface area contributed by atoms with Crippen LogP contribution in [0.3, 0.4) is 0 Å². The van der Waals surface area contributed by atoms with Gasteiger partial charge in [0.15, 0.2) is 0 Å².